The normalized spacial score (nSPS) is 11.9. The van der Waals surface area contributed by atoms with Gasteiger partial charge in [-0.25, -0.2) is 4.79 Å². The van der Waals surface area contributed by atoms with Gasteiger partial charge in [0.05, 0.1) is 0 Å². The van der Waals surface area contributed by atoms with Crippen LogP contribution in [0, 0.1) is 16.6 Å². The van der Waals surface area contributed by atoms with Crippen molar-refractivity contribution in [2.24, 2.45) is 5.92 Å². The highest BCUT2D eigenvalue weighted by atomic mass is 32.2. The van der Waals surface area contributed by atoms with Crippen LogP contribution in [0.25, 0.3) is 0 Å². The lowest BCUT2D eigenvalue weighted by atomic mass is 10.1. The summed E-state index contributed by atoms with van der Waals surface area (Å²) in [5.41, 5.74) is 0.617. The van der Waals surface area contributed by atoms with Gasteiger partial charge in [0, 0.05) is 12.2 Å². The summed E-state index contributed by atoms with van der Waals surface area (Å²) in [6.07, 6.45) is 0. The van der Waals surface area contributed by atoms with Crippen molar-refractivity contribution in [3.63, 3.8) is 0 Å². The number of carboxylic acids is 1. The van der Waals surface area contributed by atoms with E-state index in [1.54, 1.807) is 5.40 Å². The third-order valence-corrected chi connectivity index (χ3v) is 2.22. The van der Waals surface area contributed by atoms with Crippen molar-refractivity contribution < 1.29 is 9.90 Å². The minimum absolute atomic E-state index is 0.0712. The Morgan fingerprint density at radius 2 is 2.21 bits per heavy atom. The summed E-state index contributed by atoms with van der Waals surface area (Å²) in [4.78, 5) is 10.9. The van der Waals surface area contributed by atoms with E-state index in [2.05, 4.69) is 5.32 Å². The van der Waals surface area contributed by atoms with Gasteiger partial charge in [-0.05, 0) is 24.6 Å². The first-order valence-corrected chi connectivity index (χ1v) is 5.13. The predicted octanol–water partition coefficient (Wildman–Crippen LogP) is 1.76. The number of nitriles is 1. The second-order valence-electron chi connectivity index (χ2n) is 2.93. The average Bonchev–Trinajstić information content (AvgIpc) is 2.10. The highest BCUT2D eigenvalue weighted by molar-refractivity contribution is 8.08. The van der Waals surface area contributed by atoms with Gasteiger partial charge in [-0.1, -0.05) is 13.8 Å². The van der Waals surface area contributed by atoms with E-state index in [-0.39, 0.29) is 10.8 Å². The van der Waals surface area contributed by atoms with Gasteiger partial charge in [0.1, 0.15) is 10.3 Å². The molecule has 0 amide bonds. The SMILES string of the molecule is CCN/C(=C(/SC#N)C(=O)O)C(C)C. The molecule has 78 valence electrons. The van der Waals surface area contributed by atoms with Crippen molar-refractivity contribution in [1.82, 2.24) is 5.32 Å². The van der Waals surface area contributed by atoms with Gasteiger partial charge in [-0.3, -0.25) is 0 Å². The molecule has 0 aromatic heterocycles. The maximum absolute atomic E-state index is 10.8. The Kier molecular flexibility index (Phi) is 5.81. The number of rotatable bonds is 5. The van der Waals surface area contributed by atoms with E-state index >= 15 is 0 Å². The van der Waals surface area contributed by atoms with Gasteiger partial charge in [0.2, 0.25) is 0 Å². The summed E-state index contributed by atoms with van der Waals surface area (Å²) >= 11 is 0.684. The monoisotopic (exact) mass is 214 g/mol. The summed E-state index contributed by atoms with van der Waals surface area (Å²) in [7, 11) is 0. The molecule has 14 heavy (non-hydrogen) atoms. The van der Waals surface area contributed by atoms with Crippen molar-refractivity contribution in [2.75, 3.05) is 6.54 Å². The van der Waals surface area contributed by atoms with Gasteiger partial charge in [0.25, 0.3) is 0 Å². The van der Waals surface area contributed by atoms with E-state index in [0.717, 1.165) is 0 Å². The molecule has 0 aromatic rings. The van der Waals surface area contributed by atoms with Gasteiger partial charge >= 0.3 is 5.97 Å². The standard InChI is InChI=1S/C9H14N2O2S/c1-4-11-7(6(2)3)8(9(12)13)14-5-10/h6,11H,4H2,1-3H3,(H,12,13)/b8-7+. The van der Waals surface area contributed by atoms with E-state index in [9.17, 15) is 4.79 Å². The van der Waals surface area contributed by atoms with E-state index in [1.807, 2.05) is 20.8 Å². The molecule has 5 heteroatoms. The lowest BCUT2D eigenvalue weighted by Crippen LogP contribution is -2.20. The van der Waals surface area contributed by atoms with Crippen LogP contribution in [-0.2, 0) is 4.79 Å². The Balaban J connectivity index is 5.05. The molecule has 0 bridgehead atoms. The molecule has 0 atom stereocenters. The third-order valence-electron chi connectivity index (χ3n) is 1.53. The lowest BCUT2D eigenvalue weighted by molar-refractivity contribution is -0.131. The molecule has 0 aliphatic rings. The molecule has 0 spiro atoms. The van der Waals surface area contributed by atoms with E-state index in [4.69, 9.17) is 10.4 Å². The van der Waals surface area contributed by atoms with Gasteiger partial charge in [-0.2, -0.15) is 5.26 Å². The van der Waals surface area contributed by atoms with Crippen LogP contribution in [0.4, 0.5) is 0 Å². The van der Waals surface area contributed by atoms with Gasteiger partial charge in [-0.15, -0.1) is 0 Å². The lowest BCUT2D eigenvalue weighted by Gasteiger charge is -2.14. The van der Waals surface area contributed by atoms with Crippen LogP contribution >= 0.6 is 11.8 Å². The number of carboxylic acid groups (broad SMARTS) is 1. The quantitative estimate of drug-likeness (QED) is 0.539. The number of hydrogen-bond donors (Lipinski definition) is 2. The number of aliphatic carboxylic acids is 1. The summed E-state index contributed by atoms with van der Waals surface area (Å²) in [5.74, 6) is -0.983. The van der Waals surface area contributed by atoms with Crippen LogP contribution < -0.4 is 5.32 Å². The molecular weight excluding hydrogens is 200 g/mol. The number of nitrogens with zero attached hydrogens (tertiary/aromatic N) is 1. The van der Waals surface area contributed by atoms with Crippen LogP contribution in [-0.4, -0.2) is 17.6 Å². The number of carbonyl (C=O) groups is 1. The Labute approximate surface area is 88.0 Å². The molecule has 0 fully saturated rings. The van der Waals surface area contributed by atoms with Crippen LogP contribution in [0.5, 0.6) is 0 Å². The highest BCUT2D eigenvalue weighted by Gasteiger charge is 2.17. The zero-order valence-corrected chi connectivity index (χ0v) is 9.31. The van der Waals surface area contributed by atoms with Crippen LogP contribution in [0.1, 0.15) is 20.8 Å². The molecule has 0 aromatic carbocycles. The summed E-state index contributed by atoms with van der Waals surface area (Å²) in [6.45, 7) is 6.31. The highest BCUT2D eigenvalue weighted by Crippen LogP contribution is 2.22. The zero-order valence-electron chi connectivity index (χ0n) is 8.50. The first-order chi connectivity index (χ1) is 6.54. The second kappa shape index (κ2) is 6.33. The molecule has 0 unspecified atom stereocenters. The Hall–Kier alpha value is -1.15. The molecular formula is C9H14N2O2S. The van der Waals surface area contributed by atoms with Gasteiger partial charge in [0.15, 0.2) is 0 Å². The van der Waals surface area contributed by atoms with E-state index < -0.39 is 5.97 Å². The molecule has 4 nitrogen and oxygen atoms in total. The number of thiocyanates is 1. The van der Waals surface area contributed by atoms with Crippen LogP contribution in [0.2, 0.25) is 0 Å². The minimum atomic E-state index is -1.05. The Morgan fingerprint density at radius 1 is 1.64 bits per heavy atom. The number of thioether (sulfide) groups is 1. The smallest absolute Gasteiger partial charge is 0.345 e. The molecule has 0 aliphatic heterocycles. The van der Waals surface area contributed by atoms with Gasteiger partial charge < -0.3 is 10.4 Å². The fourth-order valence-corrected chi connectivity index (χ4v) is 1.59. The van der Waals surface area contributed by atoms with Crippen molar-refractivity contribution in [2.45, 2.75) is 20.8 Å². The van der Waals surface area contributed by atoms with Crippen molar-refractivity contribution in [3.8, 4) is 5.40 Å². The van der Waals surface area contributed by atoms with Crippen LogP contribution in [0.3, 0.4) is 0 Å². The molecule has 0 heterocycles. The maximum Gasteiger partial charge on any atom is 0.345 e. The largest absolute Gasteiger partial charge is 0.477 e. The number of hydrogen-bond acceptors (Lipinski definition) is 4. The second-order valence-corrected chi connectivity index (χ2v) is 3.72. The van der Waals surface area contributed by atoms with Crippen molar-refractivity contribution >= 4 is 17.7 Å². The molecule has 0 saturated carbocycles. The summed E-state index contributed by atoms with van der Waals surface area (Å²) in [6, 6.07) is 0. The Bertz CT molecular complexity index is 279. The fraction of sp³-hybridized carbons (Fsp3) is 0.556. The third kappa shape index (κ3) is 3.71. The minimum Gasteiger partial charge on any atom is -0.477 e. The molecule has 0 rings (SSSR count). The molecule has 0 aliphatic carbocycles. The average molecular weight is 214 g/mol. The first-order valence-electron chi connectivity index (χ1n) is 4.31. The maximum atomic E-state index is 10.8. The van der Waals surface area contributed by atoms with E-state index in [1.165, 1.54) is 0 Å². The van der Waals surface area contributed by atoms with Crippen molar-refractivity contribution in [1.29, 1.82) is 5.26 Å². The Morgan fingerprint density at radius 3 is 2.50 bits per heavy atom. The van der Waals surface area contributed by atoms with Crippen molar-refractivity contribution in [3.05, 3.63) is 10.6 Å². The zero-order chi connectivity index (χ0) is 11.1. The first kappa shape index (κ1) is 12.8. The van der Waals surface area contributed by atoms with E-state index in [0.29, 0.717) is 24.0 Å². The number of nitrogens with one attached hydrogen (secondary N) is 1. The number of allylic oxidation sites excluding steroid dienone is 1. The summed E-state index contributed by atoms with van der Waals surface area (Å²) in [5, 5.41) is 22.1. The molecule has 0 saturated heterocycles. The molecule has 0 radical (unpaired) electrons. The van der Waals surface area contributed by atoms with Crippen LogP contribution in [0.15, 0.2) is 10.6 Å². The summed E-state index contributed by atoms with van der Waals surface area (Å²) < 4.78 is 0. The topological polar surface area (TPSA) is 73.1 Å². The fourth-order valence-electron chi connectivity index (χ4n) is 0.997. The predicted molar refractivity (Wildman–Crippen MR) is 56.4 cm³/mol. The molecule has 2 N–H and O–H groups in total.